The molecule has 2 rings (SSSR count). The molecule has 164 valence electrons. The summed E-state index contributed by atoms with van der Waals surface area (Å²) < 4.78 is 33.5. The molecular weight excluding hydrogens is 376 g/mol. The smallest absolute Gasteiger partial charge is 0.163 e. The van der Waals surface area contributed by atoms with Crippen LogP contribution < -0.4 is 9.47 Å². The van der Waals surface area contributed by atoms with Gasteiger partial charge in [0.15, 0.2) is 17.3 Å². The number of Topliss-reactive ketones (excluding diaryl/α,β-unsaturated/α-hetero) is 1. The van der Waals surface area contributed by atoms with Gasteiger partial charge in [0.25, 0.3) is 0 Å². The lowest BCUT2D eigenvalue weighted by molar-refractivity contribution is -0.00842. The van der Waals surface area contributed by atoms with Gasteiger partial charge in [0.1, 0.15) is 13.2 Å². The normalized spacial score (nSPS) is 17.8. The second-order valence-electron chi connectivity index (χ2n) is 6.69. The molecule has 0 radical (unpaired) electrons. The lowest BCUT2D eigenvalue weighted by Crippen LogP contribution is -2.16. The zero-order valence-electron chi connectivity index (χ0n) is 17.5. The maximum Gasteiger partial charge on any atom is 0.163 e. The van der Waals surface area contributed by atoms with E-state index in [0.717, 1.165) is 19.3 Å². The summed E-state index contributed by atoms with van der Waals surface area (Å²) in [6.07, 6.45) is 3.60. The van der Waals surface area contributed by atoms with Gasteiger partial charge in [0, 0.05) is 12.0 Å². The van der Waals surface area contributed by atoms with Crippen molar-refractivity contribution in [3.63, 3.8) is 0 Å². The van der Waals surface area contributed by atoms with Gasteiger partial charge in [0.05, 0.1) is 52.9 Å². The average molecular weight is 411 g/mol. The highest BCUT2D eigenvalue weighted by Crippen LogP contribution is 2.29. The van der Waals surface area contributed by atoms with Crippen LogP contribution in [0.25, 0.3) is 0 Å². The molecule has 0 fully saturated rings. The standard InChI is InChI=1S/C22H34O7/c1-2-3-4-5-20(23)19-6-7-21-22(18-19)29-17-15-27-13-11-25-9-8-24-10-12-26-14-16-28-21/h6-7,18H,2-5,8-17H2,1H3. The van der Waals surface area contributed by atoms with E-state index >= 15 is 0 Å². The summed E-state index contributed by atoms with van der Waals surface area (Å²) in [6.45, 7) is 6.84. The topological polar surface area (TPSA) is 72.5 Å². The van der Waals surface area contributed by atoms with Crippen LogP contribution in [0, 0.1) is 0 Å². The molecule has 0 unspecified atom stereocenters. The number of ketones is 1. The van der Waals surface area contributed by atoms with Crippen LogP contribution in [0.4, 0.5) is 0 Å². The molecule has 0 aromatic heterocycles. The van der Waals surface area contributed by atoms with E-state index in [-0.39, 0.29) is 5.78 Å². The van der Waals surface area contributed by atoms with Crippen molar-refractivity contribution >= 4 is 5.78 Å². The lowest BCUT2D eigenvalue weighted by atomic mass is 10.0. The molecule has 1 aromatic carbocycles. The lowest BCUT2D eigenvalue weighted by Gasteiger charge is -2.15. The number of unbranched alkanes of at least 4 members (excludes halogenated alkanes) is 2. The Balaban J connectivity index is 1.95. The molecule has 0 N–H and O–H groups in total. The van der Waals surface area contributed by atoms with Gasteiger partial charge in [-0.15, -0.1) is 0 Å². The zero-order chi connectivity index (χ0) is 20.6. The Kier molecular flexibility index (Phi) is 12.4. The van der Waals surface area contributed by atoms with Gasteiger partial charge < -0.3 is 28.4 Å². The summed E-state index contributed by atoms with van der Waals surface area (Å²) in [5.74, 6) is 1.27. The van der Waals surface area contributed by atoms with E-state index in [1.54, 1.807) is 18.2 Å². The molecule has 0 spiro atoms. The van der Waals surface area contributed by atoms with E-state index in [9.17, 15) is 4.79 Å². The van der Waals surface area contributed by atoms with Crippen LogP contribution in [0.5, 0.6) is 11.5 Å². The fourth-order valence-corrected chi connectivity index (χ4v) is 2.78. The highest BCUT2D eigenvalue weighted by atomic mass is 16.6. The largest absolute Gasteiger partial charge is 0.487 e. The van der Waals surface area contributed by atoms with Crippen molar-refractivity contribution in [1.29, 1.82) is 0 Å². The predicted octanol–water partition coefficient (Wildman–Crippen LogP) is 3.29. The van der Waals surface area contributed by atoms with E-state index in [2.05, 4.69) is 6.92 Å². The summed E-state index contributed by atoms with van der Waals surface area (Å²) >= 11 is 0. The van der Waals surface area contributed by atoms with Gasteiger partial charge in [-0.3, -0.25) is 4.79 Å². The molecule has 1 aliphatic rings. The molecule has 1 aliphatic heterocycles. The van der Waals surface area contributed by atoms with Gasteiger partial charge in [-0.05, 0) is 24.6 Å². The minimum absolute atomic E-state index is 0.126. The van der Waals surface area contributed by atoms with Crippen molar-refractivity contribution in [2.75, 3.05) is 66.1 Å². The highest BCUT2D eigenvalue weighted by Gasteiger charge is 2.12. The van der Waals surface area contributed by atoms with E-state index < -0.39 is 0 Å². The number of rotatable bonds is 5. The molecule has 0 saturated carbocycles. The first-order valence-corrected chi connectivity index (χ1v) is 10.5. The Morgan fingerprint density at radius 2 is 1.24 bits per heavy atom. The second-order valence-corrected chi connectivity index (χ2v) is 6.69. The summed E-state index contributed by atoms with van der Waals surface area (Å²) in [7, 11) is 0. The summed E-state index contributed by atoms with van der Waals surface area (Å²) in [5.41, 5.74) is 0.647. The Bertz CT molecular complexity index is 576. The van der Waals surface area contributed by atoms with E-state index in [1.807, 2.05) is 0 Å². The molecular formula is C22H34O7. The maximum atomic E-state index is 12.4. The SMILES string of the molecule is CCCCCC(=O)c1ccc2c(c1)OCCOCCOCCOCCOCCO2. The predicted molar refractivity (Wildman–Crippen MR) is 109 cm³/mol. The van der Waals surface area contributed by atoms with Crippen molar-refractivity contribution in [3.05, 3.63) is 23.8 Å². The Labute approximate surface area is 173 Å². The second kappa shape index (κ2) is 15.2. The minimum Gasteiger partial charge on any atom is -0.487 e. The molecule has 1 heterocycles. The first-order valence-electron chi connectivity index (χ1n) is 10.5. The number of fused-ring (bicyclic) bond motifs is 1. The van der Waals surface area contributed by atoms with Crippen LogP contribution in [0.15, 0.2) is 18.2 Å². The third-order valence-electron chi connectivity index (χ3n) is 4.36. The molecule has 0 saturated heterocycles. The molecule has 0 atom stereocenters. The summed E-state index contributed by atoms with van der Waals surface area (Å²) in [5, 5.41) is 0. The van der Waals surface area contributed by atoms with Crippen LogP contribution in [-0.2, 0) is 18.9 Å². The van der Waals surface area contributed by atoms with Gasteiger partial charge in [-0.1, -0.05) is 19.8 Å². The van der Waals surface area contributed by atoms with Crippen LogP contribution in [0.2, 0.25) is 0 Å². The monoisotopic (exact) mass is 410 g/mol. The molecule has 29 heavy (non-hydrogen) atoms. The molecule has 1 aromatic rings. The number of ether oxygens (including phenoxy) is 6. The third kappa shape index (κ3) is 10.1. The molecule has 7 nitrogen and oxygen atoms in total. The van der Waals surface area contributed by atoms with Crippen LogP contribution in [0.1, 0.15) is 43.0 Å². The quantitative estimate of drug-likeness (QED) is 0.545. The van der Waals surface area contributed by atoms with Gasteiger partial charge >= 0.3 is 0 Å². The fourth-order valence-electron chi connectivity index (χ4n) is 2.78. The first-order chi connectivity index (χ1) is 14.3. The van der Waals surface area contributed by atoms with Gasteiger partial charge in [-0.25, -0.2) is 0 Å². The van der Waals surface area contributed by atoms with Crippen LogP contribution in [0.3, 0.4) is 0 Å². The summed E-state index contributed by atoms with van der Waals surface area (Å²) in [4.78, 5) is 12.4. The number of carbonyl (C=O) groups excluding carboxylic acids is 1. The third-order valence-corrected chi connectivity index (χ3v) is 4.36. The Morgan fingerprint density at radius 3 is 1.79 bits per heavy atom. The molecule has 7 heteroatoms. The highest BCUT2D eigenvalue weighted by molar-refractivity contribution is 5.96. The van der Waals surface area contributed by atoms with Crippen LogP contribution in [-0.4, -0.2) is 71.9 Å². The van der Waals surface area contributed by atoms with E-state index in [1.165, 1.54) is 0 Å². The van der Waals surface area contributed by atoms with Crippen molar-refractivity contribution in [3.8, 4) is 11.5 Å². The first kappa shape index (κ1) is 23.6. The van der Waals surface area contributed by atoms with Gasteiger partial charge in [-0.2, -0.15) is 0 Å². The summed E-state index contributed by atoms with van der Waals surface area (Å²) in [6, 6.07) is 5.35. The van der Waals surface area contributed by atoms with Crippen molar-refractivity contribution in [2.24, 2.45) is 0 Å². The molecule has 0 aliphatic carbocycles. The maximum absolute atomic E-state index is 12.4. The average Bonchev–Trinajstić information content (AvgIpc) is 2.73. The Hall–Kier alpha value is -1.67. The van der Waals surface area contributed by atoms with Crippen LogP contribution >= 0.6 is 0 Å². The minimum atomic E-state index is 0.126. The number of benzene rings is 1. The number of hydrogen-bond acceptors (Lipinski definition) is 7. The van der Waals surface area contributed by atoms with Crippen molar-refractivity contribution in [2.45, 2.75) is 32.6 Å². The van der Waals surface area contributed by atoms with Crippen molar-refractivity contribution in [1.82, 2.24) is 0 Å². The van der Waals surface area contributed by atoms with E-state index in [0.29, 0.717) is 89.6 Å². The van der Waals surface area contributed by atoms with Crippen molar-refractivity contribution < 1.29 is 33.2 Å². The number of carbonyl (C=O) groups is 1. The molecule has 0 amide bonds. The number of hydrogen-bond donors (Lipinski definition) is 0. The zero-order valence-corrected chi connectivity index (χ0v) is 17.5. The Morgan fingerprint density at radius 1 is 0.724 bits per heavy atom. The van der Waals surface area contributed by atoms with E-state index in [4.69, 9.17) is 28.4 Å². The fraction of sp³-hybridized carbons (Fsp3) is 0.682. The van der Waals surface area contributed by atoms with Gasteiger partial charge in [0.2, 0.25) is 0 Å². The molecule has 0 bridgehead atoms.